The first kappa shape index (κ1) is 20.9. The monoisotopic (exact) mass is 442 g/mol. The van der Waals surface area contributed by atoms with E-state index < -0.39 is 0 Å². The van der Waals surface area contributed by atoms with Gasteiger partial charge in [0.25, 0.3) is 0 Å². The molecule has 0 spiro atoms. The summed E-state index contributed by atoms with van der Waals surface area (Å²) in [4.78, 5) is 23.7. The summed E-state index contributed by atoms with van der Waals surface area (Å²) in [6.07, 6.45) is 4.10. The second-order valence-corrected chi connectivity index (χ2v) is 9.69. The Hall–Kier alpha value is -2.32. The van der Waals surface area contributed by atoms with Crippen molar-refractivity contribution in [2.45, 2.75) is 37.8 Å². The van der Waals surface area contributed by atoms with Crippen molar-refractivity contribution in [1.82, 2.24) is 15.3 Å². The fourth-order valence-electron chi connectivity index (χ4n) is 3.73. The van der Waals surface area contributed by atoms with E-state index in [1.165, 1.54) is 28.6 Å². The molecule has 1 amide bonds. The number of carbonyl (C=O) groups excluding carboxylic acids is 1. The molecule has 6 nitrogen and oxygen atoms in total. The molecule has 0 saturated heterocycles. The normalized spacial score (nSPS) is 15.7. The van der Waals surface area contributed by atoms with Gasteiger partial charge in [-0.2, -0.15) is 0 Å². The highest BCUT2D eigenvalue weighted by Crippen LogP contribution is 2.39. The number of aryl methyl sites for hydroxylation is 1. The Balaban J connectivity index is 1.32. The molecule has 2 heterocycles. The van der Waals surface area contributed by atoms with Crippen LogP contribution in [0.2, 0.25) is 0 Å². The molecule has 1 aromatic carbocycles. The molecule has 158 valence electrons. The number of rotatable bonds is 7. The summed E-state index contributed by atoms with van der Waals surface area (Å²) >= 11 is 3.06. The second kappa shape index (κ2) is 9.22. The molecule has 30 heavy (non-hydrogen) atoms. The Labute approximate surface area is 184 Å². The first-order valence-corrected chi connectivity index (χ1v) is 11.9. The molecule has 0 aliphatic heterocycles. The Morgan fingerprint density at radius 2 is 2.13 bits per heavy atom. The predicted octanol–water partition coefficient (Wildman–Crippen LogP) is 3.86. The van der Waals surface area contributed by atoms with E-state index in [4.69, 9.17) is 10.5 Å². The Morgan fingerprint density at radius 1 is 1.33 bits per heavy atom. The summed E-state index contributed by atoms with van der Waals surface area (Å²) in [7, 11) is 1.65. The van der Waals surface area contributed by atoms with Gasteiger partial charge in [0.2, 0.25) is 5.91 Å². The lowest BCUT2D eigenvalue weighted by Crippen LogP contribution is -2.27. The highest BCUT2D eigenvalue weighted by molar-refractivity contribution is 7.99. The summed E-state index contributed by atoms with van der Waals surface area (Å²) < 4.78 is 5.16. The highest BCUT2D eigenvalue weighted by atomic mass is 32.2. The number of thiophene rings is 1. The number of fused-ring (bicyclic) bond motifs is 3. The second-order valence-electron chi connectivity index (χ2n) is 7.66. The number of thioether (sulfide) groups is 1. The third kappa shape index (κ3) is 4.70. The number of nitrogens with two attached hydrogens (primary N) is 1. The first-order valence-electron chi connectivity index (χ1n) is 10.1. The van der Waals surface area contributed by atoms with E-state index in [0.717, 1.165) is 40.8 Å². The minimum atomic E-state index is -0.0323. The van der Waals surface area contributed by atoms with Crippen molar-refractivity contribution in [3.63, 3.8) is 0 Å². The van der Waals surface area contributed by atoms with Crippen molar-refractivity contribution < 1.29 is 9.53 Å². The third-order valence-electron chi connectivity index (χ3n) is 5.39. The minimum Gasteiger partial charge on any atom is -0.497 e. The Kier molecular flexibility index (Phi) is 6.43. The molecule has 1 atom stereocenters. The lowest BCUT2D eigenvalue weighted by molar-refractivity contribution is -0.118. The summed E-state index contributed by atoms with van der Waals surface area (Å²) in [5, 5.41) is 4.54. The van der Waals surface area contributed by atoms with Crippen LogP contribution in [0.25, 0.3) is 10.2 Å². The maximum absolute atomic E-state index is 12.2. The zero-order valence-corrected chi connectivity index (χ0v) is 18.9. The first-order chi connectivity index (χ1) is 14.5. The van der Waals surface area contributed by atoms with Crippen molar-refractivity contribution in [3.8, 4) is 5.75 Å². The molecular weight excluding hydrogens is 416 g/mol. The zero-order valence-electron chi connectivity index (χ0n) is 17.2. The van der Waals surface area contributed by atoms with E-state index in [-0.39, 0.29) is 11.7 Å². The fraction of sp³-hybridized carbons (Fsp3) is 0.409. The number of nitrogens with one attached hydrogen (secondary N) is 1. The number of hydrogen-bond donors (Lipinski definition) is 2. The number of methoxy groups -OCH3 is 1. The van der Waals surface area contributed by atoms with Gasteiger partial charge in [0, 0.05) is 11.4 Å². The molecule has 3 aromatic rings. The van der Waals surface area contributed by atoms with E-state index >= 15 is 0 Å². The number of aromatic nitrogens is 2. The lowest BCUT2D eigenvalue weighted by Gasteiger charge is -2.17. The van der Waals surface area contributed by atoms with Gasteiger partial charge in [0.05, 0.1) is 18.2 Å². The largest absolute Gasteiger partial charge is 0.497 e. The van der Waals surface area contributed by atoms with Gasteiger partial charge in [0.1, 0.15) is 16.4 Å². The van der Waals surface area contributed by atoms with Crippen molar-refractivity contribution in [2.75, 3.05) is 25.1 Å². The Morgan fingerprint density at radius 3 is 2.90 bits per heavy atom. The van der Waals surface area contributed by atoms with Crippen LogP contribution in [0, 0.1) is 5.92 Å². The van der Waals surface area contributed by atoms with Crippen LogP contribution in [0.4, 0.5) is 5.82 Å². The SMILES string of the molecule is COc1ccc(CCNC(=O)CSc2nc(N)c3c4c(sc3n2)CC(C)CC4)cc1. The van der Waals surface area contributed by atoms with E-state index in [1.807, 2.05) is 24.3 Å². The number of anilines is 1. The highest BCUT2D eigenvalue weighted by Gasteiger charge is 2.23. The topological polar surface area (TPSA) is 90.1 Å². The van der Waals surface area contributed by atoms with E-state index in [2.05, 4.69) is 22.2 Å². The molecule has 8 heteroatoms. The van der Waals surface area contributed by atoms with E-state index in [0.29, 0.717) is 23.4 Å². The van der Waals surface area contributed by atoms with E-state index in [1.54, 1.807) is 18.4 Å². The molecule has 1 aliphatic rings. The van der Waals surface area contributed by atoms with Crippen LogP contribution in [0.1, 0.15) is 29.3 Å². The quantitative estimate of drug-likeness (QED) is 0.427. The maximum Gasteiger partial charge on any atom is 0.230 e. The number of ether oxygens (including phenoxy) is 1. The predicted molar refractivity (Wildman–Crippen MR) is 123 cm³/mol. The standard InChI is InChI=1S/C22H26N4O2S2/c1-13-3-8-16-17(11-13)30-21-19(16)20(23)25-22(26-21)29-12-18(27)24-10-9-14-4-6-15(28-2)7-5-14/h4-7,13H,3,8-12H2,1-2H3,(H,24,27)(H2,23,25,26). The van der Waals surface area contributed by atoms with Crippen molar-refractivity contribution >= 4 is 45.0 Å². The average Bonchev–Trinajstić information content (AvgIpc) is 3.10. The van der Waals surface area contributed by atoms with Gasteiger partial charge in [-0.3, -0.25) is 4.79 Å². The van der Waals surface area contributed by atoms with Gasteiger partial charge in [-0.15, -0.1) is 11.3 Å². The maximum atomic E-state index is 12.2. The molecule has 1 unspecified atom stereocenters. The van der Waals surface area contributed by atoms with Gasteiger partial charge in [-0.25, -0.2) is 9.97 Å². The average molecular weight is 443 g/mol. The van der Waals surface area contributed by atoms with Crippen molar-refractivity contribution in [3.05, 3.63) is 40.3 Å². The number of nitrogen functional groups attached to an aromatic ring is 1. The smallest absolute Gasteiger partial charge is 0.230 e. The van der Waals surface area contributed by atoms with Crippen LogP contribution in [-0.2, 0) is 24.1 Å². The van der Waals surface area contributed by atoms with Crippen molar-refractivity contribution in [2.24, 2.45) is 5.92 Å². The fourth-order valence-corrected chi connectivity index (χ4v) is 5.86. The van der Waals surface area contributed by atoms with Crippen LogP contribution in [0.15, 0.2) is 29.4 Å². The van der Waals surface area contributed by atoms with Gasteiger partial charge in [0.15, 0.2) is 5.16 Å². The number of benzene rings is 1. The molecule has 4 rings (SSSR count). The summed E-state index contributed by atoms with van der Waals surface area (Å²) in [6.45, 7) is 2.88. The van der Waals surface area contributed by atoms with Crippen LogP contribution in [-0.4, -0.2) is 35.3 Å². The lowest BCUT2D eigenvalue weighted by atomic mass is 9.89. The summed E-state index contributed by atoms with van der Waals surface area (Å²) in [5.74, 6) is 2.31. The number of nitrogens with zero attached hydrogens (tertiary/aromatic N) is 2. The van der Waals surface area contributed by atoms with Crippen LogP contribution < -0.4 is 15.8 Å². The van der Waals surface area contributed by atoms with Crippen molar-refractivity contribution in [1.29, 1.82) is 0 Å². The van der Waals surface area contributed by atoms with E-state index in [9.17, 15) is 4.79 Å². The molecule has 0 saturated carbocycles. The van der Waals surface area contributed by atoms with Gasteiger partial charge < -0.3 is 15.8 Å². The molecular formula is C22H26N4O2S2. The van der Waals surface area contributed by atoms with Crippen LogP contribution in [0.3, 0.4) is 0 Å². The molecule has 0 bridgehead atoms. The van der Waals surface area contributed by atoms with Gasteiger partial charge in [-0.1, -0.05) is 30.8 Å². The molecule has 2 aromatic heterocycles. The van der Waals surface area contributed by atoms with Crippen LogP contribution >= 0.6 is 23.1 Å². The minimum absolute atomic E-state index is 0.0323. The number of amides is 1. The summed E-state index contributed by atoms with van der Waals surface area (Å²) in [5.41, 5.74) is 8.75. The number of hydrogen-bond acceptors (Lipinski definition) is 7. The summed E-state index contributed by atoms with van der Waals surface area (Å²) in [6, 6.07) is 7.86. The molecule has 3 N–H and O–H groups in total. The zero-order chi connectivity index (χ0) is 21.1. The number of carbonyl (C=O) groups is 1. The molecule has 1 aliphatic carbocycles. The molecule has 0 fully saturated rings. The molecule has 0 radical (unpaired) electrons. The third-order valence-corrected chi connectivity index (χ3v) is 7.39. The van der Waals surface area contributed by atoms with Crippen LogP contribution in [0.5, 0.6) is 5.75 Å². The van der Waals surface area contributed by atoms with Gasteiger partial charge in [-0.05, 0) is 54.9 Å². The van der Waals surface area contributed by atoms with Gasteiger partial charge >= 0.3 is 0 Å². The Bertz CT molecular complexity index is 1050.